The molecule has 1 aromatic heterocycles. The molecule has 6 heteroatoms. The fourth-order valence-corrected chi connectivity index (χ4v) is 3.24. The normalized spacial score (nSPS) is 11.0. The Hall–Kier alpha value is -3.41. The number of aryl methyl sites for hydroxylation is 1. The first kappa shape index (κ1) is 22.3. The molecule has 2 aromatic carbocycles. The minimum atomic E-state index is -0.728. The molecule has 0 aliphatic heterocycles. The number of hydrogen-bond acceptors (Lipinski definition) is 5. The Balaban J connectivity index is 1.85. The van der Waals surface area contributed by atoms with E-state index in [4.69, 9.17) is 9.15 Å². The van der Waals surface area contributed by atoms with Gasteiger partial charge in [-0.2, -0.15) is 0 Å². The molecule has 1 heterocycles. The van der Waals surface area contributed by atoms with Crippen LogP contribution in [-0.4, -0.2) is 18.0 Å². The summed E-state index contributed by atoms with van der Waals surface area (Å²) in [6.45, 7) is 5.58. The second kappa shape index (κ2) is 10.1. The van der Waals surface area contributed by atoms with E-state index < -0.39 is 5.97 Å². The zero-order chi connectivity index (χ0) is 22.4. The van der Waals surface area contributed by atoms with E-state index in [1.807, 2.05) is 12.1 Å². The second-order valence-corrected chi connectivity index (χ2v) is 7.72. The van der Waals surface area contributed by atoms with Gasteiger partial charge in [0.2, 0.25) is 5.76 Å². The first-order valence-corrected chi connectivity index (χ1v) is 10.6. The van der Waals surface area contributed by atoms with E-state index in [0.29, 0.717) is 11.3 Å². The number of amides is 1. The number of esters is 1. The Morgan fingerprint density at radius 2 is 1.81 bits per heavy atom. The van der Waals surface area contributed by atoms with Gasteiger partial charge in [0.15, 0.2) is 11.0 Å². The number of fused-ring (bicyclic) bond motifs is 1. The summed E-state index contributed by atoms with van der Waals surface area (Å²) in [7, 11) is 0. The zero-order valence-electron chi connectivity index (χ0n) is 18.1. The third kappa shape index (κ3) is 5.60. The van der Waals surface area contributed by atoms with Crippen molar-refractivity contribution < 1.29 is 18.7 Å². The maximum atomic E-state index is 12.8. The molecule has 0 radical (unpaired) electrons. The molecular formula is C25H27NO5. The third-order valence-corrected chi connectivity index (χ3v) is 4.83. The smallest absolute Gasteiger partial charge is 0.374 e. The van der Waals surface area contributed by atoms with Crippen LogP contribution >= 0.6 is 0 Å². The van der Waals surface area contributed by atoms with Crippen LogP contribution in [0.4, 0.5) is 5.69 Å². The van der Waals surface area contributed by atoms with Crippen molar-refractivity contribution >= 4 is 28.5 Å². The molecule has 31 heavy (non-hydrogen) atoms. The van der Waals surface area contributed by atoms with Crippen molar-refractivity contribution in [3.05, 3.63) is 75.6 Å². The lowest BCUT2D eigenvalue weighted by Gasteiger charge is -2.10. The monoisotopic (exact) mass is 421 g/mol. The maximum Gasteiger partial charge on any atom is 0.374 e. The predicted molar refractivity (Wildman–Crippen MR) is 121 cm³/mol. The molecule has 0 saturated carbocycles. The number of nitrogens with one attached hydrogen (secondary N) is 1. The summed E-state index contributed by atoms with van der Waals surface area (Å²) < 4.78 is 10.8. The number of carbonyl (C=O) groups is 2. The van der Waals surface area contributed by atoms with E-state index in [2.05, 4.69) is 12.2 Å². The summed E-state index contributed by atoms with van der Waals surface area (Å²) >= 11 is 0. The van der Waals surface area contributed by atoms with Gasteiger partial charge < -0.3 is 14.5 Å². The number of carbonyl (C=O) groups excluding carboxylic acids is 2. The molecule has 3 rings (SSSR count). The van der Waals surface area contributed by atoms with Gasteiger partial charge in [-0.15, -0.1) is 0 Å². The molecule has 0 spiro atoms. The molecule has 0 aliphatic carbocycles. The summed E-state index contributed by atoms with van der Waals surface area (Å²) in [4.78, 5) is 37.4. The molecule has 1 amide bonds. The van der Waals surface area contributed by atoms with Crippen molar-refractivity contribution in [2.45, 2.75) is 52.6 Å². The molecule has 0 bridgehead atoms. The molecule has 0 saturated heterocycles. The lowest BCUT2D eigenvalue weighted by molar-refractivity contribution is 0.0342. The highest BCUT2D eigenvalue weighted by molar-refractivity contribution is 6.08. The van der Waals surface area contributed by atoms with Crippen LogP contribution in [0, 0.1) is 0 Å². The van der Waals surface area contributed by atoms with E-state index in [9.17, 15) is 14.4 Å². The Morgan fingerprint density at radius 3 is 2.48 bits per heavy atom. The molecule has 162 valence electrons. The largest absolute Gasteiger partial charge is 0.457 e. The van der Waals surface area contributed by atoms with Crippen molar-refractivity contribution in [3.8, 4) is 0 Å². The van der Waals surface area contributed by atoms with Crippen molar-refractivity contribution in [1.82, 2.24) is 0 Å². The van der Waals surface area contributed by atoms with Gasteiger partial charge in [-0.3, -0.25) is 9.59 Å². The van der Waals surface area contributed by atoms with Gasteiger partial charge in [-0.05, 0) is 56.5 Å². The van der Waals surface area contributed by atoms with Crippen LogP contribution in [0.5, 0.6) is 0 Å². The summed E-state index contributed by atoms with van der Waals surface area (Å²) in [5, 5.41) is 3.05. The zero-order valence-corrected chi connectivity index (χ0v) is 18.1. The predicted octanol–water partition coefficient (Wildman–Crippen LogP) is 5.34. The Kier molecular flexibility index (Phi) is 7.23. The highest BCUT2D eigenvalue weighted by Gasteiger charge is 2.18. The van der Waals surface area contributed by atoms with Crippen LogP contribution in [0.2, 0.25) is 0 Å². The van der Waals surface area contributed by atoms with Crippen LogP contribution in [0.25, 0.3) is 11.0 Å². The highest BCUT2D eigenvalue weighted by Crippen LogP contribution is 2.23. The number of unbranched alkanes of at least 4 members (excludes halogenated alkanes) is 2. The molecule has 0 fully saturated rings. The first-order chi connectivity index (χ1) is 14.9. The van der Waals surface area contributed by atoms with E-state index >= 15 is 0 Å². The van der Waals surface area contributed by atoms with Crippen LogP contribution in [-0.2, 0) is 11.2 Å². The molecular weight excluding hydrogens is 394 g/mol. The summed E-state index contributed by atoms with van der Waals surface area (Å²) in [6, 6.07) is 13.4. The number of hydrogen-bond donors (Lipinski definition) is 1. The minimum absolute atomic E-state index is 0.134. The lowest BCUT2D eigenvalue weighted by atomic mass is 10.0. The topological polar surface area (TPSA) is 85.6 Å². The quantitative estimate of drug-likeness (QED) is 0.392. The van der Waals surface area contributed by atoms with Crippen LogP contribution in [0.1, 0.15) is 66.5 Å². The summed E-state index contributed by atoms with van der Waals surface area (Å²) in [5.74, 6) is -1.26. The van der Waals surface area contributed by atoms with Gasteiger partial charge >= 0.3 is 5.97 Å². The Bertz CT molecular complexity index is 1130. The van der Waals surface area contributed by atoms with E-state index in [-0.39, 0.29) is 34.2 Å². The van der Waals surface area contributed by atoms with Crippen LogP contribution < -0.4 is 10.7 Å². The molecule has 0 atom stereocenters. The van der Waals surface area contributed by atoms with Crippen LogP contribution in [0.3, 0.4) is 0 Å². The average molecular weight is 421 g/mol. The van der Waals surface area contributed by atoms with E-state index in [1.54, 1.807) is 44.2 Å². The molecule has 6 nitrogen and oxygen atoms in total. The summed E-state index contributed by atoms with van der Waals surface area (Å²) in [5.41, 5.74) is 1.74. The average Bonchev–Trinajstić information content (AvgIpc) is 2.74. The highest BCUT2D eigenvalue weighted by atomic mass is 16.6. The number of anilines is 1. The van der Waals surface area contributed by atoms with Crippen LogP contribution in [0.15, 0.2) is 57.7 Å². The molecule has 0 unspecified atom stereocenters. The number of rotatable bonds is 8. The number of benzene rings is 2. The first-order valence-electron chi connectivity index (χ1n) is 10.6. The Morgan fingerprint density at radius 1 is 1.06 bits per heavy atom. The maximum absolute atomic E-state index is 12.8. The summed E-state index contributed by atoms with van der Waals surface area (Å²) in [6.07, 6.45) is 4.10. The number of ether oxygens (including phenoxy) is 1. The van der Waals surface area contributed by atoms with Crippen molar-refractivity contribution in [3.63, 3.8) is 0 Å². The fourth-order valence-electron chi connectivity index (χ4n) is 3.24. The van der Waals surface area contributed by atoms with E-state index in [1.165, 1.54) is 18.4 Å². The van der Waals surface area contributed by atoms with Gasteiger partial charge in [0, 0.05) is 11.6 Å². The minimum Gasteiger partial charge on any atom is -0.457 e. The van der Waals surface area contributed by atoms with Gasteiger partial charge in [-0.25, -0.2) is 4.79 Å². The van der Waals surface area contributed by atoms with Crippen molar-refractivity contribution in [2.24, 2.45) is 0 Å². The third-order valence-electron chi connectivity index (χ3n) is 4.83. The standard InChI is InChI=1S/C25H27NO5/c1-4-5-6-8-17-11-13-18(14-12-17)24(28)26-20-10-7-9-19-21(27)15-22(31-23(19)20)25(29)30-16(2)3/h7,9-16H,4-6,8H2,1-3H3,(H,26,28). The van der Waals surface area contributed by atoms with Crippen molar-refractivity contribution in [2.75, 3.05) is 5.32 Å². The molecule has 1 N–H and O–H groups in total. The van der Waals surface area contributed by atoms with Gasteiger partial charge in [0.05, 0.1) is 17.2 Å². The van der Waals surface area contributed by atoms with Gasteiger partial charge in [0.25, 0.3) is 5.91 Å². The Labute approximate surface area is 181 Å². The molecule has 0 aliphatic rings. The lowest BCUT2D eigenvalue weighted by Crippen LogP contribution is -2.16. The van der Waals surface area contributed by atoms with Crippen molar-refractivity contribution in [1.29, 1.82) is 0 Å². The SMILES string of the molecule is CCCCCc1ccc(C(=O)Nc2cccc3c(=O)cc(C(=O)OC(C)C)oc23)cc1. The molecule has 3 aromatic rings. The van der Waals surface area contributed by atoms with E-state index in [0.717, 1.165) is 18.9 Å². The van der Waals surface area contributed by atoms with Gasteiger partial charge in [0.1, 0.15) is 0 Å². The fraction of sp³-hybridized carbons (Fsp3) is 0.320. The van der Waals surface area contributed by atoms with Gasteiger partial charge in [-0.1, -0.05) is 38.0 Å². The number of para-hydroxylation sites is 1. The second-order valence-electron chi connectivity index (χ2n) is 7.72.